The molecule has 0 aromatic heterocycles. The van der Waals surface area contributed by atoms with Gasteiger partial charge in [0.25, 0.3) is 0 Å². The summed E-state index contributed by atoms with van der Waals surface area (Å²) in [6, 6.07) is 0.724. The predicted octanol–water partition coefficient (Wildman–Crippen LogP) is 3.15. The largest absolute Gasteiger partial charge is 0.306 e. The summed E-state index contributed by atoms with van der Waals surface area (Å²) >= 11 is 0. The zero-order valence-corrected chi connectivity index (χ0v) is 9.43. The van der Waals surface area contributed by atoms with Gasteiger partial charge in [-0.05, 0) is 33.4 Å². The van der Waals surface area contributed by atoms with Crippen LogP contribution in [-0.4, -0.2) is 25.0 Å². The van der Waals surface area contributed by atoms with Crippen LogP contribution < -0.4 is 0 Å². The number of nitrogens with zero attached hydrogens (tertiary/aromatic N) is 1. The van der Waals surface area contributed by atoms with Gasteiger partial charge in [-0.25, -0.2) is 0 Å². The molecule has 0 fully saturated rings. The maximum atomic E-state index is 2.36. The molecule has 0 aliphatic rings. The minimum atomic E-state index is 0.724. The molecule has 0 N–H and O–H groups in total. The Bertz CT molecular complexity index is 99.2. The van der Waals surface area contributed by atoms with Crippen molar-refractivity contribution in [2.75, 3.05) is 14.1 Å². The number of hydrogen-bond donors (Lipinski definition) is 0. The molecule has 1 nitrogen and oxygen atoms in total. The topological polar surface area (TPSA) is 3.24 Å². The average molecular weight is 171 g/mol. The fourth-order valence-corrected chi connectivity index (χ4v) is 1.47. The molecule has 0 aliphatic carbocycles. The minimum absolute atomic E-state index is 0.724. The average Bonchev–Trinajstić information content (AvgIpc) is 2.03. The van der Waals surface area contributed by atoms with Crippen molar-refractivity contribution in [3.05, 3.63) is 0 Å². The van der Waals surface area contributed by atoms with Gasteiger partial charge in [-0.2, -0.15) is 0 Å². The monoisotopic (exact) mass is 171 g/mol. The lowest BCUT2D eigenvalue weighted by molar-refractivity contribution is 0.227. The SMILES string of the molecule is CCCCCC(C)C(C)N(C)C. The lowest BCUT2D eigenvalue weighted by Crippen LogP contribution is -2.30. The first-order chi connectivity index (χ1) is 5.59. The van der Waals surface area contributed by atoms with Crippen molar-refractivity contribution < 1.29 is 0 Å². The Hall–Kier alpha value is -0.0400. The summed E-state index contributed by atoms with van der Waals surface area (Å²) in [4.78, 5) is 2.32. The molecule has 0 aliphatic heterocycles. The summed E-state index contributed by atoms with van der Waals surface area (Å²) in [5.41, 5.74) is 0. The van der Waals surface area contributed by atoms with Crippen LogP contribution in [-0.2, 0) is 0 Å². The van der Waals surface area contributed by atoms with Crippen molar-refractivity contribution in [3.8, 4) is 0 Å². The quantitative estimate of drug-likeness (QED) is 0.555. The normalized spacial score (nSPS) is 16.5. The minimum Gasteiger partial charge on any atom is -0.306 e. The van der Waals surface area contributed by atoms with Crippen LogP contribution in [0.4, 0.5) is 0 Å². The third-order valence-corrected chi connectivity index (χ3v) is 2.90. The Labute approximate surface area is 78.1 Å². The van der Waals surface area contributed by atoms with E-state index in [1.54, 1.807) is 0 Å². The van der Waals surface area contributed by atoms with E-state index >= 15 is 0 Å². The maximum absolute atomic E-state index is 2.36. The highest BCUT2D eigenvalue weighted by atomic mass is 15.1. The molecule has 0 rings (SSSR count). The van der Waals surface area contributed by atoms with Gasteiger partial charge in [-0.1, -0.05) is 33.1 Å². The second kappa shape index (κ2) is 6.47. The first-order valence-electron chi connectivity index (χ1n) is 5.26. The maximum Gasteiger partial charge on any atom is 0.00864 e. The molecule has 0 aromatic carbocycles. The molecule has 0 aromatic rings. The molecular weight excluding hydrogens is 146 g/mol. The molecule has 0 heterocycles. The van der Waals surface area contributed by atoms with Crippen LogP contribution in [0.5, 0.6) is 0 Å². The molecule has 2 atom stereocenters. The second-order valence-electron chi connectivity index (χ2n) is 4.18. The lowest BCUT2D eigenvalue weighted by atomic mass is 9.96. The molecule has 2 unspecified atom stereocenters. The number of rotatable bonds is 6. The molecule has 0 radical (unpaired) electrons. The van der Waals surface area contributed by atoms with Gasteiger partial charge in [0.15, 0.2) is 0 Å². The van der Waals surface area contributed by atoms with E-state index in [4.69, 9.17) is 0 Å². The van der Waals surface area contributed by atoms with E-state index in [-0.39, 0.29) is 0 Å². The molecule has 0 saturated heterocycles. The van der Waals surface area contributed by atoms with Crippen molar-refractivity contribution in [2.24, 2.45) is 5.92 Å². The van der Waals surface area contributed by atoms with Gasteiger partial charge < -0.3 is 4.90 Å². The van der Waals surface area contributed by atoms with E-state index in [1.165, 1.54) is 25.7 Å². The van der Waals surface area contributed by atoms with E-state index in [2.05, 4.69) is 39.8 Å². The zero-order valence-electron chi connectivity index (χ0n) is 9.43. The van der Waals surface area contributed by atoms with Gasteiger partial charge in [0, 0.05) is 6.04 Å². The zero-order chi connectivity index (χ0) is 9.56. The summed E-state index contributed by atoms with van der Waals surface area (Å²) in [6.45, 7) is 6.94. The first-order valence-corrected chi connectivity index (χ1v) is 5.26. The molecule has 0 saturated carbocycles. The highest BCUT2D eigenvalue weighted by molar-refractivity contribution is 4.67. The Kier molecular flexibility index (Phi) is 6.45. The first kappa shape index (κ1) is 12.0. The van der Waals surface area contributed by atoms with Crippen LogP contribution >= 0.6 is 0 Å². The highest BCUT2D eigenvalue weighted by Crippen LogP contribution is 2.15. The van der Waals surface area contributed by atoms with Crippen LogP contribution in [0.1, 0.15) is 46.5 Å². The Morgan fingerprint density at radius 1 is 1.08 bits per heavy atom. The van der Waals surface area contributed by atoms with Gasteiger partial charge in [0.1, 0.15) is 0 Å². The van der Waals surface area contributed by atoms with Crippen LogP contribution in [0.15, 0.2) is 0 Å². The summed E-state index contributed by atoms with van der Waals surface area (Å²) in [5.74, 6) is 0.839. The van der Waals surface area contributed by atoms with Crippen molar-refractivity contribution in [1.82, 2.24) is 4.90 Å². The fourth-order valence-electron chi connectivity index (χ4n) is 1.47. The molecule has 0 bridgehead atoms. The Balaban J connectivity index is 3.49. The lowest BCUT2D eigenvalue weighted by Gasteiger charge is -2.26. The van der Waals surface area contributed by atoms with Crippen molar-refractivity contribution in [1.29, 1.82) is 0 Å². The van der Waals surface area contributed by atoms with Gasteiger partial charge in [0.05, 0.1) is 0 Å². The van der Waals surface area contributed by atoms with Gasteiger partial charge in [-0.15, -0.1) is 0 Å². The molecule has 0 spiro atoms. The van der Waals surface area contributed by atoms with Crippen LogP contribution in [0.2, 0.25) is 0 Å². The van der Waals surface area contributed by atoms with E-state index < -0.39 is 0 Å². The standard InChI is InChI=1S/C11H25N/c1-6-7-8-9-10(2)11(3)12(4)5/h10-11H,6-9H2,1-5H3. The van der Waals surface area contributed by atoms with Crippen molar-refractivity contribution in [2.45, 2.75) is 52.5 Å². The molecule has 74 valence electrons. The van der Waals surface area contributed by atoms with Crippen LogP contribution in [0.25, 0.3) is 0 Å². The number of hydrogen-bond acceptors (Lipinski definition) is 1. The van der Waals surface area contributed by atoms with Crippen molar-refractivity contribution in [3.63, 3.8) is 0 Å². The molecule has 12 heavy (non-hydrogen) atoms. The molecule has 0 amide bonds. The van der Waals surface area contributed by atoms with Crippen LogP contribution in [0, 0.1) is 5.92 Å². The van der Waals surface area contributed by atoms with Gasteiger partial charge in [-0.3, -0.25) is 0 Å². The molecular formula is C11H25N. The summed E-state index contributed by atoms with van der Waals surface area (Å²) in [5, 5.41) is 0. The second-order valence-corrected chi connectivity index (χ2v) is 4.18. The highest BCUT2D eigenvalue weighted by Gasteiger charge is 2.12. The third-order valence-electron chi connectivity index (χ3n) is 2.90. The fraction of sp³-hybridized carbons (Fsp3) is 1.00. The van der Waals surface area contributed by atoms with E-state index in [0.717, 1.165) is 12.0 Å². The summed E-state index contributed by atoms with van der Waals surface area (Å²) in [7, 11) is 4.34. The van der Waals surface area contributed by atoms with Gasteiger partial charge in [0.2, 0.25) is 0 Å². The van der Waals surface area contributed by atoms with Crippen molar-refractivity contribution >= 4 is 0 Å². The van der Waals surface area contributed by atoms with E-state index in [1.807, 2.05) is 0 Å². The summed E-state index contributed by atoms with van der Waals surface area (Å²) < 4.78 is 0. The molecule has 1 heteroatoms. The van der Waals surface area contributed by atoms with Crippen LogP contribution in [0.3, 0.4) is 0 Å². The van der Waals surface area contributed by atoms with Gasteiger partial charge >= 0.3 is 0 Å². The third kappa shape index (κ3) is 4.76. The Morgan fingerprint density at radius 2 is 1.67 bits per heavy atom. The predicted molar refractivity (Wildman–Crippen MR) is 56.5 cm³/mol. The Morgan fingerprint density at radius 3 is 2.08 bits per heavy atom. The van der Waals surface area contributed by atoms with E-state index in [9.17, 15) is 0 Å². The number of unbranched alkanes of at least 4 members (excludes halogenated alkanes) is 2. The summed E-state index contributed by atoms with van der Waals surface area (Å²) in [6.07, 6.45) is 5.51. The smallest absolute Gasteiger partial charge is 0.00864 e. The van der Waals surface area contributed by atoms with E-state index in [0.29, 0.717) is 0 Å².